The van der Waals surface area contributed by atoms with Crippen molar-refractivity contribution < 1.29 is 13.9 Å². The molecule has 0 saturated carbocycles. The highest BCUT2D eigenvalue weighted by atomic mass is 16.5. The van der Waals surface area contributed by atoms with Crippen LogP contribution in [0.4, 0.5) is 5.69 Å². The van der Waals surface area contributed by atoms with Crippen LogP contribution in [0.5, 0.6) is 5.75 Å². The summed E-state index contributed by atoms with van der Waals surface area (Å²) in [7, 11) is 1.61. The van der Waals surface area contributed by atoms with E-state index in [2.05, 4.69) is 10.4 Å². The number of aryl methyl sites for hydroxylation is 1. The molecule has 0 aliphatic heterocycles. The number of benzene rings is 2. The van der Waals surface area contributed by atoms with Gasteiger partial charge in [-0.05, 0) is 38.1 Å². The van der Waals surface area contributed by atoms with E-state index >= 15 is 0 Å². The van der Waals surface area contributed by atoms with Crippen LogP contribution in [-0.2, 0) is 11.2 Å². The lowest BCUT2D eigenvalue weighted by Gasteiger charge is -2.07. The Labute approximate surface area is 162 Å². The average Bonchev–Trinajstić information content (AvgIpc) is 3.23. The van der Waals surface area contributed by atoms with Crippen molar-refractivity contribution in [2.75, 3.05) is 12.4 Å². The average molecular weight is 375 g/mol. The third-order valence-electron chi connectivity index (χ3n) is 4.77. The molecule has 6 nitrogen and oxygen atoms in total. The Morgan fingerprint density at radius 1 is 1.18 bits per heavy atom. The number of methoxy groups -OCH3 is 1. The largest absolute Gasteiger partial charge is 0.497 e. The zero-order chi connectivity index (χ0) is 19.7. The van der Waals surface area contributed by atoms with Gasteiger partial charge in [0.15, 0.2) is 0 Å². The molecule has 2 aromatic heterocycles. The first kappa shape index (κ1) is 17.9. The second-order valence-corrected chi connectivity index (χ2v) is 6.64. The maximum Gasteiger partial charge on any atom is 0.229 e. The molecule has 0 atom stereocenters. The lowest BCUT2D eigenvalue weighted by Crippen LogP contribution is -2.15. The zero-order valence-corrected chi connectivity index (χ0v) is 16.0. The first-order valence-electron chi connectivity index (χ1n) is 9.02. The quantitative estimate of drug-likeness (QED) is 0.560. The summed E-state index contributed by atoms with van der Waals surface area (Å²) in [6.07, 6.45) is 1.84. The number of nitrogens with one attached hydrogen (secondary N) is 1. The van der Waals surface area contributed by atoms with Crippen LogP contribution in [0.3, 0.4) is 0 Å². The molecular formula is C22H21N3O3. The molecule has 142 valence electrons. The van der Waals surface area contributed by atoms with E-state index in [-0.39, 0.29) is 12.3 Å². The molecule has 2 heterocycles. The van der Waals surface area contributed by atoms with Gasteiger partial charge in [-0.2, -0.15) is 5.10 Å². The molecule has 1 amide bonds. The molecule has 0 unspecified atom stereocenters. The van der Waals surface area contributed by atoms with Crippen LogP contribution in [0.15, 0.2) is 59.2 Å². The summed E-state index contributed by atoms with van der Waals surface area (Å²) in [5.74, 6) is 0.606. The Kier molecular flexibility index (Phi) is 4.61. The molecule has 0 spiro atoms. The fraction of sp³-hybridized carbons (Fsp3) is 0.182. The molecule has 6 heteroatoms. The summed E-state index contributed by atoms with van der Waals surface area (Å²) in [5, 5.41) is 8.48. The monoisotopic (exact) mass is 375 g/mol. The molecule has 2 aromatic carbocycles. The van der Waals surface area contributed by atoms with Gasteiger partial charge in [-0.25, -0.2) is 4.68 Å². The van der Waals surface area contributed by atoms with E-state index in [4.69, 9.17) is 9.15 Å². The second-order valence-electron chi connectivity index (χ2n) is 6.64. The Morgan fingerprint density at radius 3 is 2.71 bits per heavy atom. The number of ether oxygens (including phenoxy) is 1. The SMILES string of the molecule is COc1ccc2c(CC(=O)Nc3c(C)nn(-c4ccccc4)c3C)coc2c1. The minimum atomic E-state index is -0.114. The number of furan rings is 1. The topological polar surface area (TPSA) is 69.3 Å². The smallest absolute Gasteiger partial charge is 0.229 e. The number of hydrogen-bond acceptors (Lipinski definition) is 4. The van der Waals surface area contributed by atoms with Crippen molar-refractivity contribution in [1.29, 1.82) is 0 Å². The minimum Gasteiger partial charge on any atom is -0.497 e. The summed E-state index contributed by atoms with van der Waals surface area (Å²) in [6.45, 7) is 3.84. The summed E-state index contributed by atoms with van der Waals surface area (Å²) in [5.41, 5.74) is 4.89. The van der Waals surface area contributed by atoms with Crippen LogP contribution >= 0.6 is 0 Å². The highest BCUT2D eigenvalue weighted by Gasteiger charge is 2.17. The van der Waals surface area contributed by atoms with Gasteiger partial charge < -0.3 is 14.5 Å². The van der Waals surface area contributed by atoms with E-state index in [1.165, 1.54) is 0 Å². The standard InChI is InChI=1S/C22H21N3O3/c1-14-22(15(2)25(24-14)17-7-5-4-6-8-17)23-21(26)11-16-13-28-20-12-18(27-3)9-10-19(16)20/h4-10,12-13H,11H2,1-3H3,(H,23,26). The van der Waals surface area contributed by atoms with E-state index in [1.54, 1.807) is 13.4 Å². The van der Waals surface area contributed by atoms with Crippen molar-refractivity contribution in [3.05, 3.63) is 71.7 Å². The van der Waals surface area contributed by atoms with Gasteiger partial charge in [0.25, 0.3) is 0 Å². The highest BCUT2D eigenvalue weighted by molar-refractivity contribution is 5.96. The maximum atomic E-state index is 12.7. The first-order valence-corrected chi connectivity index (χ1v) is 9.02. The summed E-state index contributed by atoms with van der Waals surface area (Å²) < 4.78 is 12.6. The summed E-state index contributed by atoms with van der Waals surface area (Å²) in [6, 6.07) is 15.4. The van der Waals surface area contributed by atoms with Crippen molar-refractivity contribution >= 4 is 22.6 Å². The maximum absolute atomic E-state index is 12.7. The van der Waals surface area contributed by atoms with Crippen LogP contribution in [-0.4, -0.2) is 22.8 Å². The van der Waals surface area contributed by atoms with Gasteiger partial charge in [0, 0.05) is 17.0 Å². The number of anilines is 1. The number of aromatic nitrogens is 2. The Hall–Kier alpha value is -3.54. The van der Waals surface area contributed by atoms with Gasteiger partial charge in [0.1, 0.15) is 11.3 Å². The van der Waals surface area contributed by atoms with Gasteiger partial charge in [0.05, 0.1) is 42.6 Å². The predicted molar refractivity (Wildman–Crippen MR) is 108 cm³/mol. The number of para-hydroxylation sites is 1. The van der Waals surface area contributed by atoms with Crippen molar-refractivity contribution in [3.63, 3.8) is 0 Å². The van der Waals surface area contributed by atoms with E-state index in [9.17, 15) is 4.79 Å². The van der Waals surface area contributed by atoms with Crippen molar-refractivity contribution in [2.45, 2.75) is 20.3 Å². The molecule has 0 radical (unpaired) electrons. The molecular weight excluding hydrogens is 354 g/mol. The molecule has 4 rings (SSSR count). The van der Waals surface area contributed by atoms with Gasteiger partial charge in [0.2, 0.25) is 5.91 Å². The van der Waals surface area contributed by atoms with Crippen LogP contribution in [0.25, 0.3) is 16.7 Å². The Bertz CT molecular complexity index is 1140. The fourth-order valence-corrected chi connectivity index (χ4v) is 3.33. The summed E-state index contributed by atoms with van der Waals surface area (Å²) >= 11 is 0. The first-order chi connectivity index (χ1) is 13.6. The molecule has 28 heavy (non-hydrogen) atoms. The third kappa shape index (κ3) is 3.24. The molecule has 0 bridgehead atoms. The summed E-state index contributed by atoms with van der Waals surface area (Å²) in [4.78, 5) is 12.7. The fourth-order valence-electron chi connectivity index (χ4n) is 3.33. The molecule has 0 aliphatic carbocycles. The van der Waals surface area contributed by atoms with Gasteiger partial charge in [-0.1, -0.05) is 18.2 Å². The van der Waals surface area contributed by atoms with Crippen molar-refractivity contribution in [1.82, 2.24) is 9.78 Å². The molecule has 0 saturated heterocycles. The van der Waals surface area contributed by atoms with Crippen molar-refractivity contribution in [2.24, 2.45) is 0 Å². The van der Waals surface area contributed by atoms with Gasteiger partial charge >= 0.3 is 0 Å². The minimum absolute atomic E-state index is 0.114. The van der Waals surface area contributed by atoms with Gasteiger partial charge in [-0.15, -0.1) is 0 Å². The number of fused-ring (bicyclic) bond motifs is 1. The number of rotatable bonds is 5. The lowest BCUT2D eigenvalue weighted by atomic mass is 10.1. The Balaban J connectivity index is 1.56. The number of hydrogen-bond donors (Lipinski definition) is 1. The molecule has 1 N–H and O–H groups in total. The van der Waals surface area contributed by atoms with Crippen LogP contribution in [0.2, 0.25) is 0 Å². The van der Waals surface area contributed by atoms with Crippen LogP contribution in [0, 0.1) is 13.8 Å². The number of carbonyl (C=O) groups excluding carboxylic acids is 1. The van der Waals surface area contributed by atoms with Crippen molar-refractivity contribution in [3.8, 4) is 11.4 Å². The van der Waals surface area contributed by atoms with E-state index in [1.807, 2.05) is 67.1 Å². The number of carbonyl (C=O) groups is 1. The molecule has 0 fully saturated rings. The van der Waals surface area contributed by atoms with E-state index < -0.39 is 0 Å². The molecule has 0 aliphatic rings. The second kappa shape index (κ2) is 7.23. The van der Waals surface area contributed by atoms with Gasteiger partial charge in [-0.3, -0.25) is 4.79 Å². The van der Waals surface area contributed by atoms with E-state index in [0.717, 1.165) is 39.5 Å². The number of nitrogens with zero attached hydrogens (tertiary/aromatic N) is 2. The highest BCUT2D eigenvalue weighted by Crippen LogP contribution is 2.27. The lowest BCUT2D eigenvalue weighted by molar-refractivity contribution is -0.115. The zero-order valence-electron chi connectivity index (χ0n) is 16.0. The molecule has 4 aromatic rings. The normalized spacial score (nSPS) is 11.0. The van der Waals surface area contributed by atoms with Crippen LogP contribution in [0.1, 0.15) is 17.0 Å². The van der Waals surface area contributed by atoms with Crippen LogP contribution < -0.4 is 10.1 Å². The Morgan fingerprint density at radius 2 is 1.96 bits per heavy atom. The third-order valence-corrected chi connectivity index (χ3v) is 4.77. The predicted octanol–water partition coefficient (Wildman–Crippen LogP) is 4.43. The number of amides is 1. The van der Waals surface area contributed by atoms with E-state index in [0.29, 0.717) is 5.58 Å².